The Morgan fingerprint density at radius 3 is 2.88 bits per heavy atom. The van der Waals surface area contributed by atoms with Gasteiger partial charge < -0.3 is 19.7 Å². The Morgan fingerprint density at radius 1 is 1.42 bits per heavy atom. The molecule has 0 aromatic heterocycles. The van der Waals surface area contributed by atoms with Crippen LogP contribution in [0.25, 0.3) is 0 Å². The smallest absolute Gasteiger partial charge is 0.193 e. The van der Waals surface area contributed by atoms with E-state index < -0.39 is 0 Å². The molecule has 0 bridgehead atoms. The van der Waals surface area contributed by atoms with Gasteiger partial charge in [0.2, 0.25) is 0 Å². The minimum atomic E-state index is -0.257. The second-order valence-corrected chi connectivity index (χ2v) is 6.78. The molecular weight excluding hydrogens is 309 g/mol. The molecule has 6 heteroatoms. The lowest BCUT2D eigenvalue weighted by Gasteiger charge is -2.26. The highest BCUT2D eigenvalue weighted by Gasteiger charge is 2.42. The van der Waals surface area contributed by atoms with Crippen molar-refractivity contribution in [3.63, 3.8) is 0 Å². The quantitative estimate of drug-likeness (QED) is 0.677. The van der Waals surface area contributed by atoms with Crippen molar-refractivity contribution < 1.29 is 13.9 Å². The molecule has 132 valence electrons. The zero-order valence-electron chi connectivity index (χ0n) is 14.4. The van der Waals surface area contributed by atoms with E-state index in [1.54, 1.807) is 12.1 Å². The fraction of sp³-hybridized carbons (Fsp3) is 0.611. The van der Waals surface area contributed by atoms with Gasteiger partial charge in [-0.3, -0.25) is 4.99 Å². The number of rotatable bonds is 4. The van der Waals surface area contributed by atoms with Gasteiger partial charge in [-0.1, -0.05) is 0 Å². The van der Waals surface area contributed by atoms with Crippen LogP contribution in [0.15, 0.2) is 29.3 Å². The fourth-order valence-corrected chi connectivity index (χ4v) is 3.44. The van der Waals surface area contributed by atoms with Crippen molar-refractivity contribution in [3.8, 4) is 5.75 Å². The Morgan fingerprint density at radius 2 is 2.21 bits per heavy atom. The topological polar surface area (TPSA) is 46.1 Å². The van der Waals surface area contributed by atoms with Gasteiger partial charge in [0.25, 0.3) is 0 Å². The Bertz CT molecular complexity index is 570. The molecule has 0 saturated carbocycles. The van der Waals surface area contributed by atoms with E-state index in [0.717, 1.165) is 45.1 Å². The van der Waals surface area contributed by atoms with Crippen LogP contribution in [-0.4, -0.2) is 56.9 Å². The summed E-state index contributed by atoms with van der Waals surface area (Å²) in [7, 11) is 1.81. The Labute approximate surface area is 142 Å². The summed E-state index contributed by atoms with van der Waals surface area (Å²) in [6, 6.07) is 6.10. The minimum Gasteiger partial charge on any atom is -0.489 e. The number of halogens is 1. The molecule has 1 aromatic rings. The number of nitrogens with zero attached hydrogens (tertiary/aromatic N) is 2. The summed E-state index contributed by atoms with van der Waals surface area (Å²) in [5.41, 5.74) is 0.313. The van der Waals surface area contributed by atoms with Gasteiger partial charge in [0.1, 0.15) is 17.7 Å². The van der Waals surface area contributed by atoms with Gasteiger partial charge >= 0.3 is 0 Å². The first kappa shape index (κ1) is 17.0. The van der Waals surface area contributed by atoms with E-state index in [1.807, 2.05) is 14.0 Å². The molecule has 3 rings (SSSR count). The Balaban J connectivity index is 1.48. The van der Waals surface area contributed by atoms with E-state index in [4.69, 9.17) is 9.47 Å². The van der Waals surface area contributed by atoms with Gasteiger partial charge in [0.05, 0.1) is 13.2 Å². The number of hydrogen-bond acceptors (Lipinski definition) is 3. The highest BCUT2D eigenvalue weighted by molar-refractivity contribution is 5.80. The molecule has 1 aromatic carbocycles. The van der Waals surface area contributed by atoms with Crippen molar-refractivity contribution in [3.05, 3.63) is 30.1 Å². The van der Waals surface area contributed by atoms with Gasteiger partial charge in [-0.05, 0) is 44.0 Å². The lowest BCUT2D eigenvalue weighted by Crippen LogP contribution is -2.44. The predicted octanol–water partition coefficient (Wildman–Crippen LogP) is 2.28. The second-order valence-electron chi connectivity index (χ2n) is 6.78. The zero-order chi connectivity index (χ0) is 17.0. The third-order valence-corrected chi connectivity index (χ3v) is 4.83. The van der Waals surface area contributed by atoms with Crippen LogP contribution < -0.4 is 10.1 Å². The molecule has 0 aliphatic carbocycles. The summed E-state index contributed by atoms with van der Waals surface area (Å²) in [6.07, 6.45) is 2.26. The van der Waals surface area contributed by atoms with E-state index in [-0.39, 0.29) is 11.9 Å². The molecule has 2 unspecified atom stereocenters. The highest BCUT2D eigenvalue weighted by atomic mass is 19.1. The monoisotopic (exact) mass is 335 g/mol. The summed E-state index contributed by atoms with van der Waals surface area (Å²) < 4.78 is 24.3. The van der Waals surface area contributed by atoms with Crippen molar-refractivity contribution in [1.82, 2.24) is 10.2 Å². The van der Waals surface area contributed by atoms with Gasteiger partial charge in [-0.2, -0.15) is 0 Å². The maximum absolute atomic E-state index is 12.9. The molecule has 0 radical (unpaired) electrons. The average Bonchev–Trinajstić information content (AvgIpc) is 3.21. The van der Waals surface area contributed by atoms with E-state index >= 15 is 0 Å². The molecule has 2 heterocycles. The van der Waals surface area contributed by atoms with Crippen molar-refractivity contribution in [2.45, 2.75) is 25.9 Å². The summed E-state index contributed by atoms with van der Waals surface area (Å²) in [6.45, 7) is 6.38. The molecule has 24 heavy (non-hydrogen) atoms. The van der Waals surface area contributed by atoms with Crippen LogP contribution in [0.2, 0.25) is 0 Å². The Hall–Kier alpha value is -1.82. The molecule has 2 fully saturated rings. The summed E-state index contributed by atoms with van der Waals surface area (Å²) in [4.78, 5) is 6.71. The molecule has 2 atom stereocenters. The number of nitrogens with one attached hydrogen (secondary N) is 1. The van der Waals surface area contributed by atoms with Crippen LogP contribution in [-0.2, 0) is 4.74 Å². The number of aliphatic imine (C=N–C) groups is 1. The lowest BCUT2D eigenvalue weighted by molar-refractivity contribution is 0.156. The zero-order valence-corrected chi connectivity index (χ0v) is 14.4. The molecule has 5 nitrogen and oxygen atoms in total. The van der Waals surface area contributed by atoms with Crippen LogP contribution in [0, 0.1) is 11.2 Å². The van der Waals surface area contributed by atoms with Gasteiger partial charge in [-0.25, -0.2) is 4.39 Å². The summed E-state index contributed by atoms with van der Waals surface area (Å²) in [5.74, 6) is 1.32. The molecule has 1 N–H and O–H groups in total. The lowest BCUT2D eigenvalue weighted by atomic mass is 9.87. The first-order chi connectivity index (χ1) is 11.6. The van der Waals surface area contributed by atoms with E-state index in [1.165, 1.54) is 12.1 Å². The fourth-order valence-electron chi connectivity index (χ4n) is 3.44. The van der Waals surface area contributed by atoms with E-state index in [0.29, 0.717) is 17.7 Å². The number of ether oxygens (including phenoxy) is 2. The number of guanidine groups is 1. The third kappa shape index (κ3) is 3.98. The SMILES string of the molecule is CN=C(NCC(C)Oc1ccc(F)cc1)N1CCC2(CCOC2)C1. The van der Waals surface area contributed by atoms with Gasteiger partial charge in [0.15, 0.2) is 5.96 Å². The maximum atomic E-state index is 12.9. The Kier molecular flexibility index (Phi) is 5.23. The highest BCUT2D eigenvalue weighted by Crippen LogP contribution is 2.38. The third-order valence-electron chi connectivity index (χ3n) is 4.83. The molecule has 2 aliphatic heterocycles. The van der Waals surface area contributed by atoms with Crippen LogP contribution in [0.5, 0.6) is 5.75 Å². The largest absolute Gasteiger partial charge is 0.489 e. The molecule has 1 spiro atoms. The van der Waals surface area contributed by atoms with Crippen molar-refractivity contribution in [1.29, 1.82) is 0 Å². The normalized spacial score (nSPS) is 25.3. The van der Waals surface area contributed by atoms with Crippen LogP contribution in [0.1, 0.15) is 19.8 Å². The standard InChI is InChI=1S/C18H26FN3O2/c1-14(24-16-5-3-15(19)4-6-16)11-21-17(20-2)22-9-7-18(12-22)8-10-23-13-18/h3-6,14H,7-13H2,1-2H3,(H,20,21). The van der Waals surface area contributed by atoms with Crippen molar-refractivity contribution in [2.24, 2.45) is 10.4 Å². The first-order valence-electron chi connectivity index (χ1n) is 8.56. The predicted molar refractivity (Wildman–Crippen MR) is 91.9 cm³/mol. The van der Waals surface area contributed by atoms with Crippen molar-refractivity contribution >= 4 is 5.96 Å². The van der Waals surface area contributed by atoms with E-state index in [9.17, 15) is 4.39 Å². The van der Waals surface area contributed by atoms with Crippen LogP contribution >= 0.6 is 0 Å². The van der Waals surface area contributed by atoms with Crippen LogP contribution in [0.4, 0.5) is 4.39 Å². The number of benzene rings is 1. The average molecular weight is 335 g/mol. The molecule has 0 amide bonds. The number of likely N-dealkylation sites (tertiary alicyclic amines) is 1. The van der Waals surface area contributed by atoms with E-state index in [2.05, 4.69) is 15.2 Å². The number of hydrogen-bond donors (Lipinski definition) is 1. The van der Waals surface area contributed by atoms with Gasteiger partial charge in [-0.15, -0.1) is 0 Å². The second kappa shape index (κ2) is 7.38. The van der Waals surface area contributed by atoms with Crippen molar-refractivity contribution in [2.75, 3.05) is 39.9 Å². The first-order valence-corrected chi connectivity index (χ1v) is 8.56. The molecule has 2 saturated heterocycles. The summed E-state index contributed by atoms with van der Waals surface area (Å²) >= 11 is 0. The van der Waals surface area contributed by atoms with Gasteiger partial charge in [0, 0.05) is 32.2 Å². The molecule has 2 aliphatic rings. The minimum absolute atomic E-state index is 0.0430. The van der Waals surface area contributed by atoms with Crippen LogP contribution in [0.3, 0.4) is 0 Å². The molecular formula is C18H26FN3O2. The maximum Gasteiger partial charge on any atom is 0.193 e. The summed E-state index contributed by atoms with van der Waals surface area (Å²) in [5, 5.41) is 3.39.